The summed E-state index contributed by atoms with van der Waals surface area (Å²) in [4.78, 5) is 49.5. The van der Waals surface area contributed by atoms with Crippen molar-refractivity contribution < 1.29 is 23.5 Å². The Hall–Kier alpha value is -3.47. The highest BCUT2D eigenvalue weighted by molar-refractivity contribution is 7.10. The molecule has 1 aliphatic heterocycles. The minimum Gasteiger partial charge on any atom is -0.479 e. The Bertz CT molecular complexity index is 1240. The fourth-order valence-corrected chi connectivity index (χ4v) is 4.63. The van der Waals surface area contributed by atoms with E-state index in [1.807, 2.05) is 0 Å². The van der Waals surface area contributed by atoms with Crippen LogP contribution in [-0.4, -0.2) is 76.0 Å². The summed E-state index contributed by atoms with van der Waals surface area (Å²) in [6.07, 6.45) is 2.41. The van der Waals surface area contributed by atoms with E-state index in [0.717, 1.165) is 36.4 Å². The molecule has 3 aromatic rings. The zero-order valence-electron chi connectivity index (χ0n) is 19.1. The molecule has 1 saturated heterocycles. The monoisotopic (exact) mass is 485 g/mol. The number of rotatable bonds is 6. The van der Waals surface area contributed by atoms with Crippen LogP contribution in [0.15, 0.2) is 24.3 Å². The predicted octanol–water partition coefficient (Wildman–Crippen LogP) is 2.60. The molecule has 0 radical (unpaired) electrons. The molecular formula is C23H24FN5O4S. The number of Topliss-reactive ketones (excluding diaryl/α,β-unsaturated/α-hetero) is 1. The second-order valence-electron chi connectivity index (χ2n) is 8.36. The van der Waals surface area contributed by atoms with Gasteiger partial charge in [0.1, 0.15) is 16.2 Å². The van der Waals surface area contributed by atoms with Gasteiger partial charge in [-0.05, 0) is 54.4 Å². The minimum absolute atomic E-state index is 0.0152. The van der Waals surface area contributed by atoms with Gasteiger partial charge in [0.15, 0.2) is 11.3 Å². The van der Waals surface area contributed by atoms with Crippen LogP contribution in [0.4, 0.5) is 4.39 Å². The molecule has 0 aliphatic carbocycles. The number of likely N-dealkylation sites (tertiary alicyclic amines) is 1. The Morgan fingerprint density at radius 2 is 1.82 bits per heavy atom. The molecular weight excluding hydrogens is 461 g/mol. The number of piperidine rings is 1. The third-order valence-corrected chi connectivity index (χ3v) is 6.65. The molecule has 0 unspecified atom stereocenters. The van der Waals surface area contributed by atoms with Crippen LogP contribution in [0, 0.1) is 11.7 Å². The molecule has 1 aliphatic rings. The maximum absolute atomic E-state index is 13.3. The van der Waals surface area contributed by atoms with E-state index < -0.39 is 11.7 Å². The normalized spacial score (nSPS) is 14.3. The Kier molecular flexibility index (Phi) is 6.82. The van der Waals surface area contributed by atoms with Crippen LogP contribution in [-0.2, 0) is 11.2 Å². The van der Waals surface area contributed by atoms with Crippen molar-refractivity contribution >= 4 is 40.3 Å². The molecule has 1 fully saturated rings. The van der Waals surface area contributed by atoms with Crippen LogP contribution < -0.4 is 4.74 Å². The molecule has 9 nitrogen and oxygen atoms in total. The van der Waals surface area contributed by atoms with E-state index in [9.17, 15) is 18.8 Å². The van der Waals surface area contributed by atoms with Crippen molar-refractivity contribution in [2.45, 2.75) is 19.3 Å². The number of fused-ring (bicyclic) bond motifs is 1. The molecule has 1 aromatic carbocycles. The number of carbonyl (C=O) groups excluding carboxylic acids is 3. The molecule has 3 heterocycles. The Balaban J connectivity index is 1.52. The van der Waals surface area contributed by atoms with Gasteiger partial charge in [0.25, 0.3) is 17.6 Å². The van der Waals surface area contributed by atoms with Gasteiger partial charge in [-0.2, -0.15) is 9.36 Å². The summed E-state index contributed by atoms with van der Waals surface area (Å²) >= 11 is 0.818. The first-order valence-corrected chi connectivity index (χ1v) is 11.6. The highest BCUT2D eigenvalue weighted by Gasteiger charge is 2.30. The molecule has 0 atom stereocenters. The van der Waals surface area contributed by atoms with Crippen molar-refractivity contribution in [3.63, 3.8) is 0 Å². The van der Waals surface area contributed by atoms with Gasteiger partial charge >= 0.3 is 0 Å². The molecule has 0 saturated carbocycles. The highest BCUT2D eigenvalue weighted by Crippen LogP contribution is 2.28. The minimum atomic E-state index is -0.753. The third-order valence-electron chi connectivity index (χ3n) is 5.83. The number of aromatic nitrogens is 3. The molecule has 0 spiro atoms. The van der Waals surface area contributed by atoms with Gasteiger partial charge in [0.2, 0.25) is 5.88 Å². The van der Waals surface area contributed by atoms with E-state index in [2.05, 4.69) is 14.3 Å². The van der Waals surface area contributed by atoms with Crippen molar-refractivity contribution in [2.75, 3.05) is 34.3 Å². The quantitative estimate of drug-likeness (QED) is 0.390. The van der Waals surface area contributed by atoms with Crippen LogP contribution in [0.2, 0.25) is 0 Å². The lowest BCUT2D eigenvalue weighted by molar-refractivity contribution is -0.124. The van der Waals surface area contributed by atoms with Gasteiger partial charge in [-0.1, -0.05) is 12.1 Å². The summed E-state index contributed by atoms with van der Waals surface area (Å²) in [6.45, 7) is 1.06. The molecule has 0 N–H and O–H groups in total. The van der Waals surface area contributed by atoms with E-state index in [1.165, 1.54) is 38.2 Å². The van der Waals surface area contributed by atoms with Crippen molar-refractivity contribution in [3.8, 4) is 5.88 Å². The van der Waals surface area contributed by atoms with E-state index in [0.29, 0.717) is 19.0 Å². The fourth-order valence-electron chi connectivity index (χ4n) is 3.93. The standard InChI is InChI=1S/C23H24FN5O4S/c1-28(2)23(32)18(30)19-16-20(27-34-19)26-21(33-3)17(25-16)22(31)29-10-8-14(9-11-29)12-13-4-6-15(24)7-5-13/h4-7,14H,8-12H2,1-3H3. The Morgan fingerprint density at radius 3 is 2.44 bits per heavy atom. The van der Waals surface area contributed by atoms with Crippen LogP contribution in [0.3, 0.4) is 0 Å². The number of amides is 2. The fraction of sp³-hybridized carbons (Fsp3) is 0.391. The molecule has 2 aromatic heterocycles. The summed E-state index contributed by atoms with van der Waals surface area (Å²) in [5, 5.41) is 0. The zero-order valence-corrected chi connectivity index (χ0v) is 19.9. The number of methoxy groups -OCH3 is 1. The summed E-state index contributed by atoms with van der Waals surface area (Å²) in [6, 6.07) is 6.49. The van der Waals surface area contributed by atoms with Crippen LogP contribution in [0.25, 0.3) is 11.2 Å². The number of benzene rings is 1. The van der Waals surface area contributed by atoms with Crippen LogP contribution in [0.5, 0.6) is 5.88 Å². The molecule has 4 rings (SSSR count). The Morgan fingerprint density at radius 1 is 1.15 bits per heavy atom. The number of hydrogen-bond acceptors (Lipinski definition) is 8. The first kappa shape index (κ1) is 23.7. The maximum atomic E-state index is 13.3. The number of nitrogens with zero attached hydrogens (tertiary/aromatic N) is 5. The lowest BCUT2D eigenvalue weighted by atomic mass is 9.90. The largest absolute Gasteiger partial charge is 0.479 e. The van der Waals surface area contributed by atoms with Crippen molar-refractivity contribution in [1.82, 2.24) is 24.1 Å². The second kappa shape index (κ2) is 9.80. The number of likely N-dealkylation sites (N-methyl/N-ethyl adjacent to an activating group) is 1. The van der Waals surface area contributed by atoms with E-state index in [-0.39, 0.29) is 39.3 Å². The Labute approximate surface area is 199 Å². The van der Waals surface area contributed by atoms with E-state index >= 15 is 0 Å². The van der Waals surface area contributed by atoms with Gasteiger partial charge < -0.3 is 14.5 Å². The number of ketones is 1. The number of ether oxygens (including phenoxy) is 1. The number of carbonyl (C=O) groups is 3. The van der Waals surface area contributed by atoms with Crippen molar-refractivity contribution in [2.24, 2.45) is 5.92 Å². The van der Waals surface area contributed by atoms with Crippen LogP contribution in [0.1, 0.15) is 38.6 Å². The smallest absolute Gasteiger partial charge is 0.295 e. The molecule has 34 heavy (non-hydrogen) atoms. The first-order valence-electron chi connectivity index (χ1n) is 10.8. The summed E-state index contributed by atoms with van der Waals surface area (Å²) in [5.41, 5.74) is 1.31. The first-order chi connectivity index (χ1) is 16.3. The molecule has 0 bridgehead atoms. The summed E-state index contributed by atoms with van der Waals surface area (Å²) < 4.78 is 22.5. The van der Waals surface area contributed by atoms with Gasteiger partial charge in [-0.3, -0.25) is 14.4 Å². The highest BCUT2D eigenvalue weighted by atomic mass is 32.1. The average molecular weight is 486 g/mol. The van der Waals surface area contributed by atoms with E-state index in [1.54, 1.807) is 17.0 Å². The topological polar surface area (TPSA) is 106 Å². The average Bonchev–Trinajstić information content (AvgIpc) is 3.26. The van der Waals surface area contributed by atoms with Gasteiger partial charge in [0.05, 0.1) is 7.11 Å². The maximum Gasteiger partial charge on any atom is 0.295 e. The number of halogens is 1. The van der Waals surface area contributed by atoms with Gasteiger partial charge in [-0.25, -0.2) is 9.37 Å². The summed E-state index contributed by atoms with van der Waals surface area (Å²) in [5.74, 6) is -1.67. The molecule has 178 valence electrons. The molecule has 2 amide bonds. The SMILES string of the molecule is COc1nc2nsc(C(=O)C(=O)N(C)C)c2nc1C(=O)N1CCC(Cc2ccc(F)cc2)CC1. The van der Waals surface area contributed by atoms with Crippen molar-refractivity contribution in [1.29, 1.82) is 0 Å². The zero-order chi connectivity index (χ0) is 24.4. The van der Waals surface area contributed by atoms with Crippen molar-refractivity contribution in [3.05, 3.63) is 46.2 Å². The van der Waals surface area contributed by atoms with Gasteiger partial charge in [-0.15, -0.1) is 0 Å². The lowest BCUT2D eigenvalue weighted by Crippen LogP contribution is -2.39. The number of hydrogen-bond donors (Lipinski definition) is 0. The van der Waals surface area contributed by atoms with Gasteiger partial charge in [0, 0.05) is 27.2 Å². The predicted molar refractivity (Wildman–Crippen MR) is 124 cm³/mol. The second-order valence-corrected chi connectivity index (χ2v) is 9.13. The molecule has 11 heteroatoms. The van der Waals surface area contributed by atoms with E-state index in [4.69, 9.17) is 4.74 Å². The lowest BCUT2D eigenvalue weighted by Gasteiger charge is -2.32. The van der Waals surface area contributed by atoms with Crippen LogP contribution >= 0.6 is 11.5 Å². The summed E-state index contributed by atoms with van der Waals surface area (Å²) in [7, 11) is 4.34. The third kappa shape index (κ3) is 4.74.